The van der Waals surface area contributed by atoms with E-state index in [0.717, 1.165) is 18.4 Å². The molecule has 31 heavy (non-hydrogen) atoms. The van der Waals surface area contributed by atoms with Gasteiger partial charge in [-0.2, -0.15) is 0 Å². The normalized spacial score (nSPS) is 24.8. The van der Waals surface area contributed by atoms with Crippen molar-refractivity contribution in [1.29, 1.82) is 0 Å². The number of fused-ring (bicyclic) bond motifs is 1. The first-order valence-corrected chi connectivity index (χ1v) is 11.1. The zero-order valence-corrected chi connectivity index (χ0v) is 18.2. The second-order valence-corrected chi connectivity index (χ2v) is 8.17. The van der Waals surface area contributed by atoms with Gasteiger partial charge in [0.05, 0.1) is 24.8 Å². The fourth-order valence-electron chi connectivity index (χ4n) is 4.53. The Kier molecular flexibility index (Phi) is 8.03. The smallest absolute Gasteiger partial charge is 0.326 e. The predicted octanol–water partition coefficient (Wildman–Crippen LogP) is 1.76. The summed E-state index contributed by atoms with van der Waals surface area (Å²) in [6.45, 7) is 4.26. The van der Waals surface area contributed by atoms with E-state index in [0.29, 0.717) is 25.9 Å². The molecule has 2 aliphatic rings. The maximum absolute atomic E-state index is 13.3. The highest BCUT2D eigenvalue weighted by Crippen LogP contribution is 2.33. The lowest BCUT2D eigenvalue weighted by atomic mass is 10.0. The van der Waals surface area contributed by atoms with Gasteiger partial charge in [0.15, 0.2) is 0 Å². The highest BCUT2D eigenvalue weighted by atomic mass is 16.5. The monoisotopic (exact) mass is 432 g/mol. The van der Waals surface area contributed by atoms with Crippen LogP contribution in [0.4, 0.5) is 0 Å². The fraction of sp³-hybridized carbons (Fsp3) is 0.609. The van der Waals surface area contributed by atoms with E-state index in [2.05, 4.69) is 5.32 Å². The fourth-order valence-corrected chi connectivity index (χ4v) is 4.53. The minimum Gasteiger partial charge on any atom is -0.480 e. The Morgan fingerprint density at radius 3 is 2.71 bits per heavy atom. The van der Waals surface area contributed by atoms with Crippen molar-refractivity contribution < 1.29 is 29.0 Å². The van der Waals surface area contributed by atoms with Crippen LogP contribution in [0.1, 0.15) is 45.1 Å². The molecule has 2 aliphatic heterocycles. The minimum atomic E-state index is -1.02. The third-order valence-corrected chi connectivity index (χ3v) is 6.05. The van der Waals surface area contributed by atoms with Crippen LogP contribution in [0.15, 0.2) is 30.3 Å². The summed E-state index contributed by atoms with van der Waals surface area (Å²) in [7, 11) is 0. The van der Waals surface area contributed by atoms with Crippen LogP contribution in [0.3, 0.4) is 0 Å². The number of carboxylic acid groups (broad SMARTS) is 1. The number of likely N-dealkylation sites (tertiary alicyclic amines) is 1. The molecule has 3 unspecified atom stereocenters. The lowest BCUT2D eigenvalue weighted by Gasteiger charge is -2.35. The van der Waals surface area contributed by atoms with Crippen LogP contribution in [0.25, 0.3) is 0 Å². The Morgan fingerprint density at radius 1 is 1.29 bits per heavy atom. The standard InChI is InChI=1S/C23H32N2O6/c1-3-30-23(29)17(12-11-16-8-5-4-6-9-16)24-15(2)21(26)25-18-10-7-13-31-20(18)14-19(25)22(27)28/h4-6,8-9,15,17-20,24H,3,7,10-14H2,1-2H3,(H,27,28)/t15-,17?,18?,19-,20?/m0/s1. The molecule has 170 valence electrons. The zero-order chi connectivity index (χ0) is 22.4. The Bertz CT molecular complexity index is 771. The number of nitrogens with one attached hydrogen (secondary N) is 1. The average molecular weight is 433 g/mol. The lowest BCUT2D eigenvalue weighted by molar-refractivity contribution is -0.152. The van der Waals surface area contributed by atoms with E-state index in [4.69, 9.17) is 9.47 Å². The Morgan fingerprint density at radius 2 is 2.03 bits per heavy atom. The molecule has 2 saturated heterocycles. The number of hydrogen-bond donors (Lipinski definition) is 2. The number of rotatable bonds is 9. The van der Waals surface area contributed by atoms with Gasteiger partial charge in [-0.05, 0) is 45.1 Å². The predicted molar refractivity (Wildman–Crippen MR) is 113 cm³/mol. The number of amides is 1. The zero-order valence-electron chi connectivity index (χ0n) is 18.2. The lowest BCUT2D eigenvalue weighted by Crippen LogP contribution is -2.56. The number of carbonyl (C=O) groups is 3. The van der Waals surface area contributed by atoms with Crippen LogP contribution in [0, 0.1) is 0 Å². The molecule has 1 aromatic carbocycles. The van der Waals surface area contributed by atoms with Crippen LogP contribution in [0.5, 0.6) is 0 Å². The summed E-state index contributed by atoms with van der Waals surface area (Å²) in [6, 6.07) is 7.25. The molecular formula is C23H32N2O6. The third kappa shape index (κ3) is 5.62. The molecule has 1 aromatic rings. The number of ether oxygens (including phenoxy) is 2. The Balaban J connectivity index is 1.70. The second-order valence-electron chi connectivity index (χ2n) is 8.17. The first kappa shape index (κ1) is 23.2. The van der Waals surface area contributed by atoms with Gasteiger partial charge < -0.3 is 19.5 Å². The van der Waals surface area contributed by atoms with Crippen molar-refractivity contribution in [3.63, 3.8) is 0 Å². The summed E-state index contributed by atoms with van der Waals surface area (Å²) >= 11 is 0. The highest BCUT2D eigenvalue weighted by molar-refractivity contribution is 5.88. The van der Waals surface area contributed by atoms with Crippen molar-refractivity contribution in [3.05, 3.63) is 35.9 Å². The van der Waals surface area contributed by atoms with E-state index < -0.39 is 30.1 Å². The third-order valence-electron chi connectivity index (χ3n) is 6.05. The number of carboxylic acids is 1. The van der Waals surface area contributed by atoms with Gasteiger partial charge in [0.1, 0.15) is 12.1 Å². The molecule has 3 rings (SSSR count). The van der Waals surface area contributed by atoms with Gasteiger partial charge in [-0.15, -0.1) is 0 Å². The summed E-state index contributed by atoms with van der Waals surface area (Å²) in [5, 5.41) is 12.8. The topological polar surface area (TPSA) is 105 Å². The SMILES string of the molecule is CCOC(=O)C(CCc1ccccc1)N[C@@H](C)C(=O)N1C2CCCOC2C[C@H]1C(=O)O. The molecule has 0 saturated carbocycles. The van der Waals surface area contributed by atoms with E-state index in [1.54, 1.807) is 13.8 Å². The van der Waals surface area contributed by atoms with Crippen LogP contribution < -0.4 is 5.32 Å². The molecule has 0 radical (unpaired) electrons. The van der Waals surface area contributed by atoms with Crippen molar-refractivity contribution in [2.75, 3.05) is 13.2 Å². The maximum Gasteiger partial charge on any atom is 0.326 e. The van der Waals surface area contributed by atoms with Gasteiger partial charge in [0.2, 0.25) is 5.91 Å². The summed E-state index contributed by atoms with van der Waals surface area (Å²) in [6.07, 6.45) is 2.69. The van der Waals surface area contributed by atoms with Gasteiger partial charge in [-0.25, -0.2) is 4.79 Å². The molecule has 0 aliphatic carbocycles. The van der Waals surface area contributed by atoms with Crippen LogP contribution >= 0.6 is 0 Å². The number of carbonyl (C=O) groups excluding carboxylic acids is 2. The number of aryl methyl sites for hydroxylation is 1. The molecule has 8 heteroatoms. The van der Waals surface area contributed by atoms with E-state index in [9.17, 15) is 19.5 Å². The molecular weight excluding hydrogens is 400 g/mol. The summed E-state index contributed by atoms with van der Waals surface area (Å²) in [5.74, 6) is -1.75. The Labute approximate surface area is 182 Å². The second kappa shape index (κ2) is 10.7. The Hall–Kier alpha value is -2.45. The van der Waals surface area contributed by atoms with Crippen molar-refractivity contribution >= 4 is 17.8 Å². The van der Waals surface area contributed by atoms with Crippen LogP contribution in [0.2, 0.25) is 0 Å². The first-order chi connectivity index (χ1) is 14.9. The van der Waals surface area contributed by atoms with Gasteiger partial charge >= 0.3 is 11.9 Å². The van der Waals surface area contributed by atoms with Gasteiger partial charge in [0.25, 0.3) is 0 Å². The molecule has 1 amide bonds. The quantitative estimate of drug-likeness (QED) is 0.573. The molecule has 2 fully saturated rings. The number of nitrogens with zero attached hydrogens (tertiary/aromatic N) is 1. The largest absolute Gasteiger partial charge is 0.480 e. The average Bonchev–Trinajstić information content (AvgIpc) is 3.16. The molecule has 0 spiro atoms. The molecule has 8 nitrogen and oxygen atoms in total. The summed E-state index contributed by atoms with van der Waals surface area (Å²) in [5.41, 5.74) is 1.09. The summed E-state index contributed by atoms with van der Waals surface area (Å²) in [4.78, 5) is 39.1. The number of esters is 1. The molecule has 5 atom stereocenters. The summed E-state index contributed by atoms with van der Waals surface area (Å²) < 4.78 is 10.9. The first-order valence-electron chi connectivity index (χ1n) is 11.1. The number of hydrogen-bond acceptors (Lipinski definition) is 6. The number of benzene rings is 1. The van der Waals surface area contributed by atoms with Gasteiger partial charge in [-0.1, -0.05) is 30.3 Å². The number of aliphatic carboxylic acids is 1. The molecule has 0 aromatic heterocycles. The van der Waals surface area contributed by atoms with Gasteiger partial charge in [-0.3, -0.25) is 14.9 Å². The van der Waals surface area contributed by atoms with E-state index in [-0.39, 0.29) is 24.7 Å². The van der Waals surface area contributed by atoms with E-state index in [1.165, 1.54) is 4.90 Å². The van der Waals surface area contributed by atoms with Gasteiger partial charge in [0, 0.05) is 13.0 Å². The molecule has 0 bridgehead atoms. The molecule has 2 heterocycles. The van der Waals surface area contributed by atoms with Crippen molar-refractivity contribution in [3.8, 4) is 0 Å². The van der Waals surface area contributed by atoms with E-state index >= 15 is 0 Å². The van der Waals surface area contributed by atoms with Crippen molar-refractivity contribution in [2.45, 2.75) is 76.2 Å². The van der Waals surface area contributed by atoms with Crippen LogP contribution in [-0.2, 0) is 30.3 Å². The minimum absolute atomic E-state index is 0.239. The van der Waals surface area contributed by atoms with E-state index in [1.807, 2.05) is 30.3 Å². The van der Waals surface area contributed by atoms with Crippen LogP contribution in [-0.4, -0.2) is 71.3 Å². The van der Waals surface area contributed by atoms with Crippen molar-refractivity contribution in [1.82, 2.24) is 10.2 Å². The highest BCUT2D eigenvalue weighted by Gasteiger charge is 2.49. The molecule has 2 N–H and O–H groups in total. The maximum atomic E-state index is 13.3. The van der Waals surface area contributed by atoms with Crippen molar-refractivity contribution in [2.24, 2.45) is 0 Å².